The van der Waals surface area contributed by atoms with Gasteiger partial charge in [-0.3, -0.25) is 0 Å². The minimum Gasteiger partial charge on any atom is -0.391 e. The van der Waals surface area contributed by atoms with Gasteiger partial charge in [-0.15, -0.1) is 0 Å². The SMILES string of the molecule is CCc1cccc(CNC(c2cc(F)cc(F)c2)C(O)CC)c1. The summed E-state index contributed by atoms with van der Waals surface area (Å²) < 4.78 is 26.9. The molecule has 2 aromatic rings. The molecule has 4 heteroatoms. The predicted molar refractivity (Wildman–Crippen MR) is 88.1 cm³/mol. The van der Waals surface area contributed by atoms with Crippen LogP contribution in [-0.2, 0) is 13.0 Å². The fourth-order valence-electron chi connectivity index (χ4n) is 2.65. The van der Waals surface area contributed by atoms with Crippen molar-refractivity contribution in [2.75, 3.05) is 0 Å². The van der Waals surface area contributed by atoms with Gasteiger partial charge in [0.2, 0.25) is 0 Å². The van der Waals surface area contributed by atoms with Gasteiger partial charge in [0.05, 0.1) is 12.1 Å². The Kier molecular flexibility index (Phi) is 6.25. The van der Waals surface area contributed by atoms with E-state index in [1.54, 1.807) is 0 Å². The van der Waals surface area contributed by atoms with Crippen LogP contribution in [0.3, 0.4) is 0 Å². The van der Waals surface area contributed by atoms with Gasteiger partial charge in [0.15, 0.2) is 0 Å². The summed E-state index contributed by atoms with van der Waals surface area (Å²) in [6.45, 7) is 4.45. The van der Waals surface area contributed by atoms with Crippen molar-refractivity contribution in [3.8, 4) is 0 Å². The molecule has 0 saturated carbocycles. The molecule has 0 radical (unpaired) electrons. The number of halogens is 2. The smallest absolute Gasteiger partial charge is 0.126 e. The van der Waals surface area contributed by atoms with Gasteiger partial charge >= 0.3 is 0 Å². The van der Waals surface area contributed by atoms with E-state index < -0.39 is 23.8 Å². The Morgan fingerprint density at radius 1 is 1.00 bits per heavy atom. The largest absolute Gasteiger partial charge is 0.391 e. The van der Waals surface area contributed by atoms with Crippen molar-refractivity contribution in [3.63, 3.8) is 0 Å². The monoisotopic (exact) mass is 319 g/mol. The maximum Gasteiger partial charge on any atom is 0.126 e. The summed E-state index contributed by atoms with van der Waals surface area (Å²) in [5.74, 6) is -1.27. The van der Waals surface area contributed by atoms with Gasteiger partial charge in [-0.25, -0.2) is 8.78 Å². The fourth-order valence-corrected chi connectivity index (χ4v) is 2.65. The van der Waals surface area contributed by atoms with Crippen LogP contribution < -0.4 is 5.32 Å². The first-order chi connectivity index (χ1) is 11.0. The van der Waals surface area contributed by atoms with Crippen LogP contribution in [0.25, 0.3) is 0 Å². The van der Waals surface area contributed by atoms with E-state index >= 15 is 0 Å². The molecular weight excluding hydrogens is 296 g/mol. The number of benzene rings is 2. The van der Waals surface area contributed by atoms with Crippen molar-refractivity contribution in [3.05, 3.63) is 70.8 Å². The number of aliphatic hydroxyl groups excluding tert-OH is 1. The maximum atomic E-state index is 13.5. The Balaban J connectivity index is 2.18. The van der Waals surface area contributed by atoms with Crippen molar-refractivity contribution < 1.29 is 13.9 Å². The van der Waals surface area contributed by atoms with Gasteiger partial charge < -0.3 is 10.4 Å². The van der Waals surface area contributed by atoms with Crippen LogP contribution in [0.5, 0.6) is 0 Å². The second kappa shape index (κ2) is 8.18. The topological polar surface area (TPSA) is 32.3 Å². The molecule has 23 heavy (non-hydrogen) atoms. The Morgan fingerprint density at radius 2 is 1.65 bits per heavy atom. The average molecular weight is 319 g/mol. The number of nitrogens with one attached hydrogen (secondary N) is 1. The highest BCUT2D eigenvalue weighted by molar-refractivity contribution is 5.25. The molecule has 0 heterocycles. The van der Waals surface area contributed by atoms with Crippen LogP contribution in [0.4, 0.5) is 8.78 Å². The van der Waals surface area contributed by atoms with Gasteiger partial charge in [0.25, 0.3) is 0 Å². The average Bonchev–Trinajstić information content (AvgIpc) is 2.54. The minimum absolute atomic E-state index is 0.420. The van der Waals surface area contributed by atoms with Gasteiger partial charge in [0.1, 0.15) is 11.6 Å². The van der Waals surface area contributed by atoms with E-state index in [0.29, 0.717) is 18.5 Å². The lowest BCUT2D eigenvalue weighted by molar-refractivity contribution is 0.122. The molecule has 0 aliphatic heterocycles. The third-order valence-electron chi connectivity index (χ3n) is 3.97. The van der Waals surface area contributed by atoms with E-state index in [2.05, 4.69) is 24.4 Å². The number of rotatable bonds is 7. The van der Waals surface area contributed by atoms with Crippen LogP contribution in [-0.4, -0.2) is 11.2 Å². The van der Waals surface area contributed by atoms with Gasteiger partial charge in [-0.05, 0) is 41.7 Å². The first kappa shape index (κ1) is 17.6. The highest BCUT2D eigenvalue weighted by Gasteiger charge is 2.20. The molecule has 0 fully saturated rings. The molecule has 0 saturated heterocycles. The predicted octanol–water partition coefficient (Wildman–Crippen LogP) is 4.13. The lowest BCUT2D eigenvalue weighted by Gasteiger charge is -2.24. The fraction of sp³-hybridized carbons (Fsp3) is 0.368. The lowest BCUT2D eigenvalue weighted by atomic mass is 9.98. The zero-order chi connectivity index (χ0) is 16.8. The summed E-state index contributed by atoms with van der Waals surface area (Å²) in [7, 11) is 0. The van der Waals surface area contributed by atoms with E-state index in [1.807, 2.05) is 19.1 Å². The van der Waals surface area contributed by atoms with E-state index in [-0.39, 0.29) is 0 Å². The highest BCUT2D eigenvalue weighted by Crippen LogP contribution is 2.22. The molecule has 124 valence electrons. The molecule has 0 aliphatic rings. The second-order valence-electron chi connectivity index (χ2n) is 5.71. The molecular formula is C19H23F2NO. The Bertz CT molecular complexity index is 625. The summed E-state index contributed by atoms with van der Waals surface area (Å²) in [5, 5.41) is 13.4. The number of aryl methyl sites for hydroxylation is 1. The third-order valence-corrected chi connectivity index (χ3v) is 3.97. The molecule has 0 amide bonds. The van der Waals surface area contributed by atoms with E-state index in [9.17, 15) is 13.9 Å². The summed E-state index contributed by atoms with van der Waals surface area (Å²) >= 11 is 0. The van der Waals surface area contributed by atoms with Crippen LogP contribution >= 0.6 is 0 Å². The second-order valence-corrected chi connectivity index (χ2v) is 5.71. The van der Waals surface area contributed by atoms with E-state index in [4.69, 9.17) is 0 Å². The molecule has 0 aliphatic carbocycles. The normalized spacial score (nSPS) is 13.8. The molecule has 0 aromatic heterocycles. The summed E-state index contributed by atoms with van der Waals surface area (Å²) in [5.41, 5.74) is 2.73. The zero-order valence-electron chi connectivity index (χ0n) is 13.5. The molecule has 2 N–H and O–H groups in total. The quantitative estimate of drug-likeness (QED) is 0.804. The first-order valence-corrected chi connectivity index (χ1v) is 7.98. The van der Waals surface area contributed by atoms with Crippen LogP contribution in [0.2, 0.25) is 0 Å². The van der Waals surface area contributed by atoms with Crippen molar-refractivity contribution in [2.45, 2.75) is 45.4 Å². The minimum atomic E-state index is -0.717. The lowest BCUT2D eigenvalue weighted by Crippen LogP contribution is -2.31. The van der Waals surface area contributed by atoms with Gasteiger partial charge in [-0.2, -0.15) is 0 Å². The van der Waals surface area contributed by atoms with Crippen molar-refractivity contribution in [2.24, 2.45) is 0 Å². The summed E-state index contributed by atoms with van der Waals surface area (Å²) in [4.78, 5) is 0. The summed E-state index contributed by atoms with van der Waals surface area (Å²) in [6, 6.07) is 11.0. The molecule has 2 atom stereocenters. The molecule has 2 aromatic carbocycles. The zero-order valence-corrected chi connectivity index (χ0v) is 13.5. The molecule has 0 spiro atoms. The molecule has 2 unspecified atom stereocenters. The molecule has 0 bridgehead atoms. The molecule has 2 rings (SSSR count). The number of aliphatic hydroxyl groups is 1. The highest BCUT2D eigenvalue weighted by atomic mass is 19.1. The van der Waals surface area contributed by atoms with Crippen molar-refractivity contribution in [1.82, 2.24) is 5.32 Å². The van der Waals surface area contributed by atoms with E-state index in [0.717, 1.165) is 18.1 Å². The Labute approximate surface area is 136 Å². The van der Waals surface area contributed by atoms with Crippen molar-refractivity contribution >= 4 is 0 Å². The maximum absolute atomic E-state index is 13.5. The first-order valence-electron chi connectivity index (χ1n) is 7.98. The van der Waals surface area contributed by atoms with Crippen LogP contribution in [0.1, 0.15) is 43.0 Å². The Hall–Kier alpha value is -1.78. The number of hydrogen-bond acceptors (Lipinski definition) is 2. The summed E-state index contributed by atoms with van der Waals surface area (Å²) in [6.07, 6.45) is 0.722. The van der Waals surface area contributed by atoms with Gasteiger partial charge in [-0.1, -0.05) is 38.1 Å². The number of hydrogen-bond donors (Lipinski definition) is 2. The standard InChI is InChI=1S/C19H23F2NO/c1-3-13-6-5-7-14(8-13)12-22-19(18(23)4-2)15-9-16(20)11-17(21)10-15/h5-11,18-19,22-23H,3-4,12H2,1-2H3. The van der Waals surface area contributed by atoms with Gasteiger partial charge in [0, 0.05) is 12.6 Å². The molecule has 2 nitrogen and oxygen atoms in total. The van der Waals surface area contributed by atoms with E-state index in [1.165, 1.54) is 17.7 Å². The van der Waals surface area contributed by atoms with Crippen LogP contribution in [0.15, 0.2) is 42.5 Å². The van der Waals surface area contributed by atoms with Crippen molar-refractivity contribution in [1.29, 1.82) is 0 Å². The Morgan fingerprint density at radius 3 is 2.26 bits per heavy atom. The third kappa shape index (κ3) is 4.85. The van der Waals surface area contributed by atoms with Crippen LogP contribution in [0, 0.1) is 11.6 Å².